The summed E-state index contributed by atoms with van der Waals surface area (Å²) in [7, 11) is 0. The number of pyridine rings is 1. The fraction of sp³-hybridized carbons (Fsp3) is 0.312. The van der Waals surface area contributed by atoms with Gasteiger partial charge in [-0.1, -0.05) is 25.1 Å². The summed E-state index contributed by atoms with van der Waals surface area (Å²) in [6, 6.07) is 10.9. The van der Waals surface area contributed by atoms with Crippen LogP contribution >= 0.6 is 0 Å². The van der Waals surface area contributed by atoms with Crippen LogP contribution in [0, 0.1) is 10.1 Å². The molecule has 5 nitrogen and oxygen atoms in total. The SMILES string of the molecule is CCCNC(Cc1ccc([N+](=O)[O-])cc1)c1cccnc1. The lowest BCUT2D eigenvalue weighted by Crippen LogP contribution is -2.24. The van der Waals surface area contributed by atoms with E-state index in [9.17, 15) is 10.1 Å². The quantitative estimate of drug-likeness (QED) is 0.626. The van der Waals surface area contributed by atoms with Gasteiger partial charge in [-0.2, -0.15) is 0 Å². The van der Waals surface area contributed by atoms with Gasteiger partial charge in [-0.25, -0.2) is 0 Å². The molecule has 1 atom stereocenters. The summed E-state index contributed by atoms with van der Waals surface area (Å²) in [5.41, 5.74) is 2.32. The Labute approximate surface area is 124 Å². The first kappa shape index (κ1) is 15.1. The van der Waals surface area contributed by atoms with Gasteiger partial charge >= 0.3 is 0 Å². The van der Waals surface area contributed by atoms with Crippen LogP contribution in [-0.2, 0) is 6.42 Å². The van der Waals surface area contributed by atoms with E-state index in [1.165, 1.54) is 0 Å². The van der Waals surface area contributed by atoms with Crippen LogP contribution in [0.2, 0.25) is 0 Å². The molecule has 21 heavy (non-hydrogen) atoms. The minimum absolute atomic E-state index is 0.123. The normalized spacial score (nSPS) is 12.0. The second-order valence-electron chi connectivity index (χ2n) is 4.92. The Morgan fingerprint density at radius 3 is 2.62 bits per heavy atom. The number of nitro benzene ring substituents is 1. The summed E-state index contributed by atoms with van der Waals surface area (Å²) in [5.74, 6) is 0. The number of nitrogens with one attached hydrogen (secondary N) is 1. The Morgan fingerprint density at radius 2 is 2.05 bits per heavy atom. The molecule has 1 N–H and O–H groups in total. The second kappa shape index (κ2) is 7.50. The Balaban J connectivity index is 2.12. The van der Waals surface area contributed by atoms with Crippen molar-refractivity contribution in [1.82, 2.24) is 10.3 Å². The van der Waals surface area contributed by atoms with Crippen LogP contribution in [-0.4, -0.2) is 16.5 Å². The summed E-state index contributed by atoms with van der Waals surface area (Å²) in [6.07, 6.45) is 5.45. The standard InChI is InChI=1S/C16H19N3O2/c1-2-9-18-16(14-4-3-10-17-12-14)11-13-5-7-15(8-6-13)19(20)21/h3-8,10,12,16,18H,2,9,11H2,1H3. The molecule has 1 heterocycles. The van der Waals surface area contributed by atoms with E-state index in [0.29, 0.717) is 0 Å². The summed E-state index contributed by atoms with van der Waals surface area (Å²) < 4.78 is 0. The van der Waals surface area contributed by atoms with Crippen molar-refractivity contribution in [2.24, 2.45) is 0 Å². The van der Waals surface area contributed by atoms with Gasteiger partial charge in [-0.15, -0.1) is 0 Å². The van der Waals surface area contributed by atoms with Crippen molar-refractivity contribution in [2.75, 3.05) is 6.54 Å². The van der Waals surface area contributed by atoms with Gasteiger partial charge in [0.25, 0.3) is 5.69 Å². The van der Waals surface area contributed by atoms with Crippen molar-refractivity contribution in [1.29, 1.82) is 0 Å². The first-order chi connectivity index (χ1) is 10.2. The minimum Gasteiger partial charge on any atom is -0.310 e. The number of rotatable bonds is 7. The van der Waals surface area contributed by atoms with Gasteiger partial charge in [0.05, 0.1) is 4.92 Å². The fourth-order valence-corrected chi connectivity index (χ4v) is 2.20. The third kappa shape index (κ3) is 4.36. The Bertz CT molecular complexity index is 570. The highest BCUT2D eigenvalue weighted by Crippen LogP contribution is 2.20. The topological polar surface area (TPSA) is 68.1 Å². The lowest BCUT2D eigenvalue weighted by Gasteiger charge is -2.18. The van der Waals surface area contributed by atoms with Gasteiger partial charge in [-0.05, 0) is 36.6 Å². The first-order valence-corrected chi connectivity index (χ1v) is 7.07. The number of nitrogens with zero attached hydrogens (tertiary/aromatic N) is 2. The summed E-state index contributed by atoms with van der Waals surface area (Å²) in [4.78, 5) is 14.5. The maximum atomic E-state index is 10.7. The number of nitro groups is 1. The van der Waals surface area contributed by atoms with Crippen LogP contribution in [0.25, 0.3) is 0 Å². The number of hydrogen-bond acceptors (Lipinski definition) is 4. The third-order valence-electron chi connectivity index (χ3n) is 3.31. The van der Waals surface area contributed by atoms with E-state index >= 15 is 0 Å². The molecule has 0 saturated heterocycles. The molecule has 0 aliphatic heterocycles. The van der Waals surface area contributed by atoms with Gasteiger partial charge in [0.1, 0.15) is 0 Å². The second-order valence-corrected chi connectivity index (χ2v) is 4.92. The van der Waals surface area contributed by atoms with E-state index in [-0.39, 0.29) is 16.7 Å². The molecule has 5 heteroatoms. The summed E-state index contributed by atoms with van der Waals surface area (Å²) in [6.45, 7) is 3.05. The summed E-state index contributed by atoms with van der Waals surface area (Å²) >= 11 is 0. The molecule has 0 radical (unpaired) electrons. The Morgan fingerprint density at radius 1 is 1.29 bits per heavy atom. The molecule has 1 aromatic carbocycles. The third-order valence-corrected chi connectivity index (χ3v) is 3.31. The zero-order chi connectivity index (χ0) is 15.1. The number of non-ortho nitro benzene ring substituents is 1. The highest BCUT2D eigenvalue weighted by atomic mass is 16.6. The van der Waals surface area contributed by atoms with E-state index in [1.807, 2.05) is 30.5 Å². The van der Waals surface area contributed by atoms with E-state index in [1.54, 1.807) is 18.3 Å². The molecule has 0 fully saturated rings. The Hall–Kier alpha value is -2.27. The van der Waals surface area contributed by atoms with Gasteiger partial charge in [0, 0.05) is 30.6 Å². The summed E-state index contributed by atoms with van der Waals surface area (Å²) in [5, 5.41) is 14.2. The molecular formula is C16H19N3O2. The molecule has 2 rings (SSSR count). The molecule has 1 unspecified atom stereocenters. The monoisotopic (exact) mass is 285 g/mol. The highest BCUT2D eigenvalue weighted by Gasteiger charge is 2.12. The predicted octanol–water partition coefficient (Wildman–Crippen LogP) is 3.27. The van der Waals surface area contributed by atoms with Gasteiger partial charge < -0.3 is 5.32 Å². The van der Waals surface area contributed by atoms with Crippen LogP contribution in [0.3, 0.4) is 0 Å². The molecule has 0 saturated carbocycles. The van der Waals surface area contributed by atoms with Gasteiger partial charge in [-0.3, -0.25) is 15.1 Å². The maximum Gasteiger partial charge on any atom is 0.269 e. The molecule has 2 aromatic rings. The van der Waals surface area contributed by atoms with Crippen LogP contribution in [0.5, 0.6) is 0 Å². The average molecular weight is 285 g/mol. The minimum atomic E-state index is -0.377. The average Bonchev–Trinajstić information content (AvgIpc) is 2.52. The highest BCUT2D eigenvalue weighted by molar-refractivity contribution is 5.33. The number of hydrogen-bond donors (Lipinski definition) is 1. The van der Waals surface area contributed by atoms with Crippen molar-refractivity contribution >= 4 is 5.69 Å². The first-order valence-electron chi connectivity index (χ1n) is 7.07. The molecular weight excluding hydrogens is 266 g/mol. The van der Waals surface area contributed by atoms with Crippen molar-refractivity contribution in [2.45, 2.75) is 25.8 Å². The lowest BCUT2D eigenvalue weighted by atomic mass is 10.00. The van der Waals surface area contributed by atoms with E-state index in [0.717, 1.165) is 30.5 Å². The zero-order valence-electron chi connectivity index (χ0n) is 12.0. The fourth-order valence-electron chi connectivity index (χ4n) is 2.20. The van der Waals surface area contributed by atoms with Crippen LogP contribution in [0.1, 0.15) is 30.5 Å². The van der Waals surface area contributed by atoms with Gasteiger partial charge in [0.15, 0.2) is 0 Å². The molecule has 0 aliphatic carbocycles. The van der Waals surface area contributed by atoms with E-state index in [4.69, 9.17) is 0 Å². The predicted molar refractivity (Wildman–Crippen MR) is 82.1 cm³/mol. The van der Waals surface area contributed by atoms with Crippen LogP contribution < -0.4 is 5.32 Å². The molecule has 1 aromatic heterocycles. The number of benzene rings is 1. The Kier molecular flexibility index (Phi) is 5.40. The molecule has 0 spiro atoms. The molecule has 110 valence electrons. The van der Waals surface area contributed by atoms with Crippen molar-refractivity contribution in [3.8, 4) is 0 Å². The smallest absolute Gasteiger partial charge is 0.269 e. The van der Waals surface area contributed by atoms with E-state index in [2.05, 4.69) is 17.2 Å². The van der Waals surface area contributed by atoms with Gasteiger partial charge in [0.2, 0.25) is 0 Å². The van der Waals surface area contributed by atoms with Crippen LogP contribution in [0.4, 0.5) is 5.69 Å². The molecule has 0 aliphatic rings. The van der Waals surface area contributed by atoms with E-state index < -0.39 is 0 Å². The van der Waals surface area contributed by atoms with Crippen molar-refractivity contribution in [3.05, 3.63) is 70.0 Å². The maximum absolute atomic E-state index is 10.7. The van der Waals surface area contributed by atoms with Crippen molar-refractivity contribution < 1.29 is 4.92 Å². The largest absolute Gasteiger partial charge is 0.310 e. The van der Waals surface area contributed by atoms with Crippen LogP contribution in [0.15, 0.2) is 48.8 Å². The molecule has 0 amide bonds. The zero-order valence-corrected chi connectivity index (χ0v) is 12.0. The molecule has 0 bridgehead atoms. The van der Waals surface area contributed by atoms with Crippen molar-refractivity contribution in [3.63, 3.8) is 0 Å². The number of aromatic nitrogens is 1. The lowest BCUT2D eigenvalue weighted by molar-refractivity contribution is -0.384.